The fraction of sp³-hybridized carbons (Fsp3) is 0.364. The highest BCUT2D eigenvalue weighted by molar-refractivity contribution is 5.92. The topological polar surface area (TPSA) is 55.8 Å². The lowest BCUT2D eigenvalue weighted by atomic mass is 10.0. The number of hydrogen-bond donors (Lipinski definition) is 1. The molecular weight excluding hydrogens is 196 g/mol. The summed E-state index contributed by atoms with van der Waals surface area (Å²) >= 11 is 0. The zero-order valence-corrected chi connectivity index (χ0v) is 8.45. The summed E-state index contributed by atoms with van der Waals surface area (Å²) in [5.74, 6) is 0.300. The molecular formula is C11H12O4. The number of esters is 1. The molecule has 1 aliphatic rings. The largest absolute Gasteiger partial charge is 0.493 e. The highest BCUT2D eigenvalue weighted by Crippen LogP contribution is 2.30. The fourth-order valence-corrected chi connectivity index (χ4v) is 1.74. The second-order valence-corrected chi connectivity index (χ2v) is 3.37. The normalized spacial score (nSPS) is 13.2. The Kier molecular flexibility index (Phi) is 2.60. The fourth-order valence-electron chi connectivity index (χ4n) is 1.74. The Morgan fingerprint density at radius 1 is 1.60 bits per heavy atom. The van der Waals surface area contributed by atoms with Crippen molar-refractivity contribution in [2.24, 2.45) is 0 Å². The number of rotatable bonds is 2. The summed E-state index contributed by atoms with van der Waals surface area (Å²) in [6.45, 7) is 0.467. The van der Waals surface area contributed by atoms with E-state index in [2.05, 4.69) is 4.74 Å². The summed E-state index contributed by atoms with van der Waals surface area (Å²) in [6, 6.07) is 3.41. The number of carbonyl (C=O) groups excluding carboxylic acids is 1. The van der Waals surface area contributed by atoms with Crippen LogP contribution in [0.3, 0.4) is 0 Å². The molecule has 0 spiro atoms. The van der Waals surface area contributed by atoms with E-state index >= 15 is 0 Å². The smallest absolute Gasteiger partial charge is 0.338 e. The van der Waals surface area contributed by atoms with Crippen LogP contribution in [0.15, 0.2) is 12.1 Å². The maximum atomic E-state index is 11.5. The van der Waals surface area contributed by atoms with Crippen molar-refractivity contribution in [1.29, 1.82) is 0 Å². The van der Waals surface area contributed by atoms with Crippen LogP contribution in [0, 0.1) is 0 Å². The van der Waals surface area contributed by atoms with E-state index in [0.717, 1.165) is 5.56 Å². The monoisotopic (exact) mass is 208 g/mol. The molecule has 0 bridgehead atoms. The Morgan fingerprint density at radius 2 is 2.40 bits per heavy atom. The summed E-state index contributed by atoms with van der Waals surface area (Å²) in [5.41, 5.74) is 2.03. The van der Waals surface area contributed by atoms with E-state index in [1.165, 1.54) is 7.11 Å². The third-order valence-corrected chi connectivity index (χ3v) is 2.47. The SMILES string of the molecule is COC(=O)c1cc(CO)cc2c1CCO2. The first-order valence-electron chi connectivity index (χ1n) is 4.74. The van der Waals surface area contributed by atoms with Crippen molar-refractivity contribution >= 4 is 5.97 Å². The summed E-state index contributed by atoms with van der Waals surface area (Å²) in [6.07, 6.45) is 0.714. The van der Waals surface area contributed by atoms with E-state index in [0.29, 0.717) is 29.9 Å². The second-order valence-electron chi connectivity index (χ2n) is 3.37. The van der Waals surface area contributed by atoms with Crippen molar-refractivity contribution in [3.05, 3.63) is 28.8 Å². The van der Waals surface area contributed by atoms with Gasteiger partial charge >= 0.3 is 5.97 Å². The Bertz CT molecular complexity index is 398. The Balaban J connectivity index is 2.52. The molecule has 0 amide bonds. The molecule has 1 aliphatic heterocycles. The van der Waals surface area contributed by atoms with Gasteiger partial charge in [-0.3, -0.25) is 0 Å². The van der Waals surface area contributed by atoms with E-state index in [1.807, 2.05) is 0 Å². The average molecular weight is 208 g/mol. The van der Waals surface area contributed by atoms with Gasteiger partial charge in [0.25, 0.3) is 0 Å². The number of aliphatic hydroxyl groups is 1. The summed E-state index contributed by atoms with van der Waals surface area (Å²) in [4.78, 5) is 11.5. The van der Waals surface area contributed by atoms with Gasteiger partial charge in [0.15, 0.2) is 0 Å². The van der Waals surface area contributed by atoms with Gasteiger partial charge in [-0.15, -0.1) is 0 Å². The van der Waals surface area contributed by atoms with Gasteiger partial charge in [-0.25, -0.2) is 4.79 Å². The molecule has 0 unspecified atom stereocenters. The van der Waals surface area contributed by atoms with Gasteiger partial charge in [0, 0.05) is 12.0 Å². The molecule has 2 rings (SSSR count). The standard InChI is InChI=1S/C11H12O4/c1-14-11(13)9-4-7(6-12)5-10-8(9)2-3-15-10/h4-5,12H,2-3,6H2,1H3. The molecule has 4 heteroatoms. The van der Waals surface area contributed by atoms with E-state index < -0.39 is 0 Å². The molecule has 0 fully saturated rings. The molecule has 1 N–H and O–H groups in total. The van der Waals surface area contributed by atoms with Gasteiger partial charge < -0.3 is 14.6 Å². The molecule has 1 aromatic carbocycles. The number of fused-ring (bicyclic) bond motifs is 1. The van der Waals surface area contributed by atoms with Gasteiger partial charge in [0.05, 0.1) is 25.9 Å². The molecule has 0 radical (unpaired) electrons. The van der Waals surface area contributed by atoms with E-state index in [-0.39, 0.29) is 12.6 Å². The molecule has 0 aliphatic carbocycles. The highest BCUT2D eigenvalue weighted by Gasteiger charge is 2.21. The van der Waals surface area contributed by atoms with Crippen LogP contribution in [0.5, 0.6) is 5.75 Å². The Labute approximate surface area is 87.4 Å². The van der Waals surface area contributed by atoms with Crippen LogP contribution in [0.2, 0.25) is 0 Å². The van der Waals surface area contributed by atoms with Crippen molar-refractivity contribution in [1.82, 2.24) is 0 Å². The van der Waals surface area contributed by atoms with Crippen LogP contribution >= 0.6 is 0 Å². The van der Waals surface area contributed by atoms with Crippen LogP contribution in [0.4, 0.5) is 0 Å². The van der Waals surface area contributed by atoms with Gasteiger partial charge in [-0.1, -0.05) is 0 Å². The number of hydrogen-bond acceptors (Lipinski definition) is 4. The zero-order chi connectivity index (χ0) is 10.8. The van der Waals surface area contributed by atoms with Gasteiger partial charge in [-0.2, -0.15) is 0 Å². The van der Waals surface area contributed by atoms with E-state index in [9.17, 15) is 4.79 Å². The number of benzene rings is 1. The van der Waals surface area contributed by atoms with Crippen molar-refractivity contribution in [2.75, 3.05) is 13.7 Å². The van der Waals surface area contributed by atoms with Gasteiger partial charge in [0.1, 0.15) is 5.75 Å². The molecule has 0 atom stereocenters. The molecule has 0 aromatic heterocycles. The first-order chi connectivity index (χ1) is 7.26. The third kappa shape index (κ3) is 1.68. The maximum Gasteiger partial charge on any atom is 0.338 e. The summed E-state index contributed by atoms with van der Waals surface area (Å²) < 4.78 is 10.0. The third-order valence-electron chi connectivity index (χ3n) is 2.47. The summed E-state index contributed by atoms with van der Waals surface area (Å²) in [7, 11) is 1.34. The number of methoxy groups -OCH3 is 1. The van der Waals surface area contributed by atoms with Crippen LogP contribution in [-0.4, -0.2) is 24.8 Å². The molecule has 15 heavy (non-hydrogen) atoms. The molecule has 1 aromatic rings. The van der Waals surface area contributed by atoms with Crippen molar-refractivity contribution in [2.45, 2.75) is 13.0 Å². The predicted octanol–water partition coefficient (Wildman–Crippen LogP) is 0.900. The van der Waals surface area contributed by atoms with Crippen LogP contribution in [-0.2, 0) is 17.8 Å². The lowest BCUT2D eigenvalue weighted by Gasteiger charge is -2.07. The number of carbonyl (C=O) groups is 1. The first-order valence-corrected chi connectivity index (χ1v) is 4.74. The average Bonchev–Trinajstić information content (AvgIpc) is 2.74. The highest BCUT2D eigenvalue weighted by atomic mass is 16.5. The molecule has 0 saturated carbocycles. The minimum absolute atomic E-state index is 0.110. The Hall–Kier alpha value is -1.55. The molecule has 80 valence electrons. The minimum Gasteiger partial charge on any atom is -0.493 e. The maximum absolute atomic E-state index is 11.5. The van der Waals surface area contributed by atoms with Gasteiger partial charge in [-0.05, 0) is 17.7 Å². The van der Waals surface area contributed by atoms with Crippen LogP contribution in [0.25, 0.3) is 0 Å². The van der Waals surface area contributed by atoms with Crippen LogP contribution in [0.1, 0.15) is 21.5 Å². The predicted molar refractivity (Wildman–Crippen MR) is 52.9 cm³/mol. The van der Waals surface area contributed by atoms with Crippen molar-refractivity contribution < 1.29 is 19.4 Å². The second kappa shape index (κ2) is 3.90. The molecule has 0 saturated heterocycles. The summed E-state index contributed by atoms with van der Waals surface area (Å²) in [5, 5.41) is 9.04. The van der Waals surface area contributed by atoms with Crippen LogP contribution < -0.4 is 4.74 Å². The molecule has 4 nitrogen and oxygen atoms in total. The lowest BCUT2D eigenvalue weighted by Crippen LogP contribution is -2.05. The first kappa shape index (κ1) is 9.98. The van der Waals surface area contributed by atoms with Crippen molar-refractivity contribution in [3.63, 3.8) is 0 Å². The molecule has 1 heterocycles. The number of aliphatic hydroxyl groups excluding tert-OH is 1. The Morgan fingerprint density at radius 3 is 3.07 bits per heavy atom. The minimum atomic E-state index is -0.382. The van der Waals surface area contributed by atoms with E-state index in [4.69, 9.17) is 9.84 Å². The number of ether oxygens (including phenoxy) is 2. The quantitative estimate of drug-likeness (QED) is 0.734. The van der Waals surface area contributed by atoms with Gasteiger partial charge in [0.2, 0.25) is 0 Å². The van der Waals surface area contributed by atoms with E-state index in [1.54, 1.807) is 12.1 Å². The lowest BCUT2D eigenvalue weighted by molar-refractivity contribution is 0.0599. The van der Waals surface area contributed by atoms with Crippen molar-refractivity contribution in [3.8, 4) is 5.75 Å². The zero-order valence-electron chi connectivity index (χ0n) is 8.45.